The van der Waals surface area contributed by atoms with Gasteiger partial charge in [-0.05, 0) is 29.2 Å². The number of aryl methyl sites for hydroxylation is 1. The Balaban J connectivity index is 1.56. The maximum absolute atomic E-state index is 3.50. The summed E-state index contributed by atoms with van der Waals surface area (Å²) in [7, 11) is 0. The number of benzene rings is 3. The van der Waals surface area contributed by atoms with Crippen LogP contribution in [0.15, 0.2) is 78.9 Å². The van der Waals surface area contributed by atoms with E-state index in [1.54, 1.807) is 0 Å². The molecule has 0 radical (unpaired) electrons. The van der Waals surface area contributed by atoms with Crippen molar-refractivity contribution >= 4 is 0 Å². The van der Waals surface area contributed by atoms with E-state index >= 15 is 0 Å². The van der Waals surface area contributed by atoms with Crippen LogP contribution >= 0.6 is 0 Å². The molecule has 0 saturated heterocycles. The maximum Gasteiger partial charge on any atom is 0.0208 e. The van der Waals surface area contributed by atoms with E-state index < -0.39 is 0 Å². The van der Waals surface area contributed by atoms with Gasteiger partial charge in [0, 0.05) is 13.1 Å². The molecule has 0 heterocycles. The fourth-order valence-electron chi connectivity index (χ4n) is 2.50. The van der Waals surface area contributed by atoms with E-state index in [4.69, 9.17) is 0 Å². The maximum atomic E-state index is 3.50. The molecular formula is C21H21N. The van der Waals surface area contributed by atoms with Crippen molar-refractivity contribution in [3.05, 3.63) is 95.6 Å². The monoisotopic (exact) mass is 287 g/mol. The molecule has 0 unspecified atom stereocenters. The fraction of sp³-hybridized carbons (Fsp3) is 0.143. The molecular weight excluding hydrogens is 266 g/mol. The minimum Gasteiger partial charge on any atom is -0.309 e. The van der Waals surface area contributed by atoms with Gasteiger partial charge in [-0.2, -0.15) is 0 Å². The molecule has 0 fully saturated rings. The third kappa shape index (κ3) is 3.84. The molecule has 0 bridgehead atoms. The molecule has 1 nitrogen and oxygen atoms in total. The van der Waals surface area contributed by atoms with Gasteiger partial charge in [0.15, 0.2) is 0 Å². The van der Waals surface area contributed by atoms with E-state index in [9.17, 15) is 0 Å². The summed E-state index contributed by atoms with van der Waals surface area (Å²) >= 11 is 0. The van der Waals surface area contributed by atoms with Gasteiger partial charge < -0.3 is 5.32 Å². The molecule has 22 heavy (non-hydrogen) atoms. The Morgan fingerprint density at radius 1 is 0.591 bits per heavy atom. The molecule has 0 aromatic heterocycles. The van der Waals surface area contributed by atoms with Crippen molar-refractivity contribution in [3.63, 3.8) is 0 Å². The zero-order valence-corrected chi connectivity index (χ0v) is 12.9. The summed E-state index contributed by atoms with van der Waals surface area (Å²) in [5.41, 5.74) is 6.48. The zero-order chi connectivity index (χ0) is 15.2. The van der Waals surface area contributed by atoms with Gasteiger partial charge in [0.1, 0.15) is 0 Å². The van der Waals surface area contributed by atoms with Gasteiger partial charge in [0.25, 0.3) is 0 Å². The topological polar surface area (TPSA) is 12.0 Å². The Morgan fingerprint density at radius 3 is 1.68 bits per heavy atom. The van der Waals surface area contributed by atoms with E-state index in [1.807, 2.05) is 6.07 Å². The highest BCUT2D eigenvalue weighted by atomic mass is 14.8. The summed E-state index contributed by atoms with van der Waals surface area (Å²) in [5, 5.41) is 3.50. The van der Waals surface area contributed by atoms with Crippen molar-refractivity contribution in [1.82, 2.24) is 5.32 Å². The summed E-state index contributed by atoms with van der Waals surface area (Å²) < 4.78 is 0. The Kier molecular flexibility index (Phi) is 4.67. The lowest BCUT2D eigenvalue weighted by molar-refractivity contribution is 0.693. The van der Waals surface area contributed by atoms with Crippen LogP contribution in [0.25, 0.3) is 11.1 Å². The van der Waals surface area contributed by atoms with E-state index in [1.165, 1.54) is 27.8 Å². The van der Waals surface area contributed by atoms with Crippen LogP contribution in [0.1, 0.15) is 16.7 Å². The number of nitrogens with one attached hydrogen (secondary N) is 1. The van der Waals surface area contributed by atoms with Crippen molar-refractivity contribution in [2.24, 2.45) is 0 Å². The van der Waals surface area contributed by atoms with Crippen LogP contribution in [-0.4, -0.2) is 0 Å². The molecule has 0 spiro atoms. The molecule has 1 N–H and O–H groups in total. The van der Waals surface area contributed by atoms with Crippen molar-refractivity contribution in [2.75, 3.05) is 0 Å². The average Bonchev–Trinajstić information content (AvgIpc) is 2.58. The van der Waals surface area contributed by atoms with Crippen LogP contribution in [-0.2, 0) is 13.1 Å². The van der Waals surface area contributed by atoms with Crippen molar-refractivity contribution < 1.29 is 0 Å². The molecule has 110 valence electrons. The van der Waals surface area contributed by atoms with E-state index in [0.717, 1.165) is 13.1 Å². The van der Waals surface area contributed by atoms with Gasteiger partial charge in [-0.1, -0.05) is 84.4 Å². The Labute approximate surface area is 132 Å². The normalized spacial score (nSPS) is 10.6. The first-order chi connectivity index (χ1) is 10.8. The molecule has 0 aliphatic carbocycles. The molecule has 3 aromatic rings. The quantitative estimate of drug-likeness (QED) is 0.700. The number of hydrogen-bond acceptors (Lipinski definition) is 1. The van der Waals surface area contributed by atoms with E-state index in [2.05, 4.69) is 85.0 Å². The van der Waals surface area contributed by atoms with Crippen LogP contribution in [0.5, 0.6) is 0 Å². The number of hydrogen-bond donors (Lipinski definition) is 1. The molecule has 1 heteroatoms. The Hall–Kier alpha value is -2.38. The molecule has 3 aromatic carbocycles. The predicted molar refractivity (Wildman–Crippen MR) is 93.6 cm³/mol. The summed E-state index contributed by atoms with van der Waals surface area (Å²) in [5.74, 6) is 0. The fourth-order valence-corrected chi connectivity index (χ4v) is 2.50. The first kappa shape index (κ1) is 14.6. The zero-order valence-electron chi connectivity index (χ0n) is 12.9. The minimum absolute atomic E-state index is 0.892. The third-order valence-electron chi connectivity index (χ3n) is 3.84. The molecule has 0 aliphatic heterocycles. The van der Waals surface area contributed by atoms with Crippen LogP contribution < -0.4 is 5.32 Å². The highest BCUT2D eigenvalue weighted by Gasteiger charge is 1.98. The molecule has 3 rings (SSSR count). The minimum atomic E-state index is 0.892. The van der Waals surface area contributed by atoms with Crippen LogP contribution in [0, 0.1) is 6.92 Å². The van der Waals surface area contributed by atoms with Gasteiger partial charge >= 0.3 is 0 Å². The highest BCUT2D eigenvalue weighted by molar-refractivity contribution is 5.63. The Morgan fingerprint density at radius 2 is 1.09 bits per heavy atom. The smallest absolute Gasteiger partial charge is 0.0208 e. The lowest BCUT2D eigenvalue weighted by atomic mass is 10.0. The van der Waals surface area contributed by atoms with Crippen LogP contribution in [0.4, 0.5) is 0 Å². The molecule has 0 amide bonds. The summed E-state index contributed by atoms with van der Waals surface area (Å²) in [6.07, 6.45) is 0. The third-order valence-corrected chi connectivity index (χ3v) is 3.84. The predicted octanol–water partition coefficient (Wildman–Crippen LogP) is 4.95. The van der Waals surface area contributed by atoms with Gasteiger partial charge in [-0.15, -0.1) is 0 Å². The first-order valence-corrected chi connectivity index (χ1v) is 7.72. The lowest BCUT2D eigenvalue weighted by Crippen LogP contribution is -2.12. The molecule has 0 aliphatic rings. The van der Waals surface area contributed by atoms with Crippen LogP contribution in [0.2, 0.25) is 0 Å². The van der Waals surface area contributed by atoms with Crippen molar-refractivity contribution in [2.45, 2.75) is 20.0 Å². The Bertz CT molecular complexity index is 697. The summed E-state index contributed by atoms with van der Waals surface area (Å²) in [6.45, 7) is 3.91. The highest BCUT2D eigenvalue weighted by Crippen LogP contribution is 2.19. The lowest BCUT2D eigenvalue weighted by Gasteiger charge is -2.07. The summed E-state index contributed by atoms with van der Waals surface area (Å²) in [4.78, 5) is 0. The number of rotatable bonds is 5. The van der Waals surface area contributed by atoms with E-state index in [0.29, 0.717) is 0 Å². The van der Waals surface area contributed by atoms with Crippen molar-refractivity contribution in [1.29, 1.82) is 0 Å². The van der Waals surface area contributed by atoms with Gasteiger partial charge in [0.05, 0.1) is 0 Å². The standard InChI is InChI=1S/C21H21N/c1-17-7-9-18(10-8-17)15-22-16-19-11-13-21(14-12-19)20-5-3-2-4-6-20/h2-14,22H,15-16H2,1H3. The summed E-state index contributed by atoms with van der Waals surface area (Å²) in [6, 6.07) is 27.9. The van der Waals surface area contributed by atoms with Crippen LogP contribution in [0.3, 0.4) is 0 Å². The largest absolute Gasteiger partial charge is 0.309 e. The average molecular weight is 287 g/mol. The van der Waals surface area contributed by atoms with Crippen molar-refractivity contribution in [3.8, 4) is 11.1 Å². The van der Waals surface area contributed by atoms with E-state index in [-0.39, 0.29) is 0 Å². The van der Waals surface area contributed by atoms with Gasteiger partial charge in [-0.25, -0.2) is 0 Å². The molecule has 0 saturated carbocycles. The SMILES string of the molecule is Cc1ccc(CNCc2ccc(-c3ccccc3)cc2)cc1. The molecule has 0 atom stereocenters. The second-order valence-corrected chi connectivity index (χ2v) is 5.65. The van der Waals surface area contributed by atoms with Gasteiger partial charge in [0.2, 0.25) is 0 Å². The van der Waals surface area contributed by atoms with Gasteiger partial charge in [-0.3, -0.25) is 0 Å². The first-order valence-electron chi connectivity index (χ1n) is 7.72. The second-order valence-electron chi connectivity index (χ2n) is 5.65. The second kappa shape index (κ2) is 7.06.